The fraction of sp³-hybridized carbons (Fsp3) is 0.176. The third-order valence-electron chi connectivity index (χ3n) is 7.75. The first-order chi connectivity index (χ1) is 22.4. The maximum absolute atomic E-state index is 15.3. The Morgan fingerprint density at radius 3 is 1.67 bits per heavy atom. The third kappa shape index (κ3) is 5.74. The molecule has 0 aliphatic heterocycles. The zero-order valence-corrected chi connectivity index (χ0v) is 24.1. The standard InChI is InChI=1S/C34H15F9N4O/c1-16-6-4-7-17(10-16)26-24(31(46-2)47-3)13-23-28(26)29(32(35,36)37)22-12-21(19(14-44)15-45)25(27(22)30(23)33(38,39)40)18-8-5-9-20(11-18)48-34(41,42)43/h4-11H,12-13H2,1H3. The van der Waals surface area contributed by atoms with E-state index in [0.717, 1.165) is 18.2 Å². The summed E-state index contributed by atoms with van der Waals surface area (Å²) in [5.74, 6) is -1.66. The molecule has 3 aromatic rings. The molecule has 5 nitrogen and oxygen atoms in total. The Morgan fingerprint density at radius 2 is 1.21 bits per heavy atom. The number of nitriles is 2. The van der Waals surface area contributed by atoms with Crippen LogP contribution in [0.5, 0.6) is 5.75 Å². The number of rotatable bonds is 3. The van der Waals surface area contributed by atoms with Gasteiger partial charge in [-0.2, -0.15) is 46.6 Å². The quantitative estimate of drug-likeness (QED) is 0.163. The first-order valence-electron chi connectivity index (χ1n) is 13.5. The lowest BCUT2D eigenvalue weighted by Gasteiger charge is -2.19. The van der Waals surface area contributed by atoms with E-state index in [2.05, 4.69) is 14.4 Å². The molecule has 0 spiro atoms. The molecule has 240 valence electrons. The lowest BCUT2D eigenvalue weighted by atomic mass is 9.90. The normalized spacial score (nSPS) is 14.0. The SMILES string of the molecule is [C-]#[N+]C([N+]#[C-])=C1Cc2c(C(F)(F)F)c3c(c(C(F)(F)F)c2=C1c1cccc(C)c1)CC(=C(C#N)C#N)C=3c1cccc(OC(F)(F)F)c1. The molecular formula is C34H15F9N4O. The number of hydrogen-bond donors (Lipinski definition) is 0. The van der Waals surface area contributed by atoms with E-state index in [1.807, 2.05) is 0 Å². The molecule has 0 N–H and O–H groups in total. The van der Waals surface area contributed by atoms with Crippen molar-refractivity contribution in [2.75, 3.05) is 0 Å². The molecule has 2 aliphatic carbocycles. The highest BCUT2D eigenvalue weighted by atomic mass is 19.4. The number of hydrogen-bond acceptors (Lipinski definition) is 3. The summed E-state index contributed by atoms with van der Waals surface area (Å²) in [6.45, 7) is 16.6. The summed E-state index contributed by atoms with van der Waals surface area (Å²) >= 11 is 0. The molecule has 3 aromatic carbocycles. The number of ether oxygens (including phenoxy) is 1. The van der Waals surface area contributed by atoms with E-state index in [0.29, 0.717) is 11.6 Å². The van der Waals surface area contributed by atoms with Gasteiger partial charge in [-0.15, -0.1) is 13.2 Å². The monoisotopic (exact) mass is 666 g/mol. The Bertz CT molecular complexity index is 2250. The van der Waals surface area contributed by atoms with Crippen LogP contribution in [0.1, 0.15) is 38.9 Å². The van der Waals surface area contributed by atoms with Crippen molar-refractivity contribution in [2.45, 2.75) is 38.5 Å². The Balaban J connectivity index is 2.16. The molecule has 0 radical (unpaired) electrons. The summed E-state index contributed by atoms with van der Waals surface area (Å²) < 4.78 is 135. The van der Waals surface area contributed by atoms with E-state index in [-0.39, 0.29) is 11.1 Å². The number of allylic oxidation sites excluding steroid dienone is 3. The summed E-state index contributed by atoms with van der Waals surface area (Å²) in [6, 6.07) is 12.2. The minimum atomic E-state index is -5.41. The molecule has 14 heteroatoms. The number of nitrogens with zero attached hydrogens (tertiary/aromatic N) is 4. The zero-order valence-electron chi connectivity index (χ0n) is 24.1. The van der Waals surface area contributed by atoms with Gasteiger partial charge in [0.25, 0.3) is 0 Å². The molecular weight excluding hydrogens is 651 g/mol. The van der Waals surface area contributed by atoms with Crippen molar-refractivity contribution in [3.8, 4) is 17.9 Å². The molecule has 48 heavy (non-hydrogen) atoms. The summed E-state index contributed by atoms with van der Waals surface area (Å²) in [4.78, 5) is 6.19. The highest BCUT2D eigenvalue weighted by Crippen LogP contribution is 2.45. The van der Waals surface area contributed by atoms with Crippen LogP contribution in [0.2, 0.25) is 0 Å². The van der Waals surface area contributed by atoms with Crippen LogP contribution in [0.25, 0.3) is 20.8 Å². The topological polar surface area (TPSA) is 65.5 Å². The van der Waals surface area contributed by atoms with Crippen molar-refractivity contribution in [1.29, 1.82) is 10.5 Å². The second-order valence-electron chi connectivity index (χ2n) is 10.6. The van der Waals surface area contributed by atoms with E-state index in [9.17, 15) is 23.7 Å². The van der Waals surface area contributed by atoms with Crippen LogP contribution in [0, 0.1) is 42.7 Å². The molecule has 0 heterocycles. The Morgan fingerprint density at radius 1 is 0.729 bits per heavy atom. The van der Waals surface area contributed by atoms with Crippen molar-refractivity contribution in [3.05, 3.63) is 143 Å². The lowest BCUT2D eigenvalue weighted by molar-refractivity contribution is -0.274. The van der Waals surface area contributed by atoms with Gasteiger partial charge in [-0.05, 0) is 74.9 Å². The van der Waals surface area contributed by atoms with Crippen molar-refractivity contribution < 1.29 is 44.3 Å². The largest absolute Gasteiger partial charge is 0.573 e. The molecule has 0 fully saturated rings. The van der Waals surface area contributed by atoms with Gasteiger partial charge >= 0.3 is 24.5 Å². The molecule has 0 atom stereocenters. The van der Waals surface area contributed by atoms with Gasteiger partial charge in [0.05, 0.1) is 16.7 Å². The van der Waals surface area contributed by atoms with E-state index in [4.69, 9.17) is 13.1 Å². The van der Waals surface area contributed by atoms with Crippen LogP contribution >= 0.6 is 0 Å². The average Bonchev–Trinajstić information content (AvgIpc) is 3.54. The Hall–Kier alpha value is -5.99. The molecule has 0 saturated heterocycles. The van der Waals surface area contributed by atoms with Crippen LogP contribution in [0.15, 0.2) is 71.1 Å². The van der Waals surface area contributed by atoms with Crippen molar-refractivity contribution in [1.82, 2.24) is 0 Å². The number of fused-ring (bicyclic) bond motifs is 2. The van der Waals surface area contributed by atoms with Crippen LogP contribution in [0.3, 0.4) is 0 Å². The number of benzene rings is 3. The summed E-state index contributed by atoms with van der Waals surface area (Å²) in [5.41, 5.74) is -7.88. The van der Waals surface area contributed by atoms with Gasteiger partial charge in [-0.3, -0.25) is 0 Å². The van der Waals surface area contributed by atoms with Gasteiger partial charge in [-0.1, -0.05) is 42.0 Å². The maximum Gasteiger partial charge on any atom is 0.573 e. The van der Waals surface area contributed by atoms with Crippen molar-refractivity contribution in [3.63, 3.8) is 0 Å². The summed E-state index contributed by atoms with van der Waals surface area (Å²) in [5, 5.41) is 17.4. The highest BCUT2D eigenvalue weighted by molar-refractivity contribution is 5.90. The van der Waals surface area contributed by atoms with E-state index in [1.54, 1.807) is 13.0 Å². The second kappa shape index (κ2) is 11.7. The van der Waals surface area contributed by atoms with Crippen LogP contribution in [-0.4, -0.2) is 6.36 Å². The third-order valence-corrected chi connectivity index (χ3v) is 7.75. The maximum atomic E-state index is 15.3. The lowest BCUT2D eigenvalue weighted by Crippen LogP contribution is -2.36. The second-order valence-corrected chi connectivity index (χ2v) is 10.6. The van der Waals surface area contributed by atoms with Crippen molar-refractivity contribution >= 4 is 11.1 Å². The molecule has 2 aliphatic rings. The Labute approximate surface area is 265 Å². The number of alkyl halides is 9. The van der Waals surface area contributed by atoms with E-state index >= 15 is 26.3 Å². The van der Waals surface area contributed by atoms with Gasteiger partial charge < -0.3 is 4.74 Å². The first kappa shape index (κ1) is 33.4. The van der Waals surface area contributed by atoms with Crippen molar-refractivity contribution in [2.24, 2.45) is 0 Å². The molecule has 5 rings (SSSR count). The molecule has 0 amide bonds. The van der Waals surface area contributed by atoms with Crippen LogP contribution in [-0.2, 0) is 25.2 Å². The van der Waals surface area contributed by atoms with Gasteiger partial charge in [0, 0.05) is 6.42 Å². The minimum Gasteiger partial charge on any atom is -0.406 e. The molecule has 0 aromatic heterocycles. The number of aryl methyl sites for hydroxylation is 1. The predicted molar refractivity (Wildman–Crippen MR) is 151 cm³/mol. The smallest absolute Gasteiger partial charge is 0.406 e. The predicted octanol–water partition coefficient (Wildman–Crippen LogP) is 7.84. The van der Waals surface area contributed by atoms with Gasteiger partial charge in [0.1, 0.15) is 36.6 Å². The zero-order chi connectivity index (χ0) is 35.3. The molecule has 0 unspecified atom stereocenters. The van der Waals surface area contributed by atoms with Crippen LogP contribution < -0.4 is 15.2 Å². The van der Waals surface area contributed by atoms with Gasteiger partial charge in [-0.25, -0.2) is 0 Å². The average molecular weight is 667 g/mol. The number of halogens is 9. The highest BCUT2D eigenvalue weighted by Gasteiger charge is 2.48. The van der Waals surface area contributed by atoms with Crippen LogP contribution in [0.4, 0.5) is 39.5 Å². The Kier molecular flexibility index (Phi) is 8.11. The summed E-state index contributed by atoms with van der Waals surface area (Å²) in [6.07, 6.45) is -18.0. The molecule has 0 bridgehead atoms. The fourth-order valence-corrected chi connectivity index (χ4v) is 6.23. The fourth-order valence-electron chi connectivity index (χ4n) is 6.23. The molecule has 0 saturated carbocycles. The van der Waals surface area contributed by atoms with Gasteiger partial charge in [0.15, 0.2) is 0 Å². The van der Waals surface area contributed by atoms with Gasteiger partial charge in [0.2, 0.25) is 0 Å². The van der Waals surface area contributed by atoms with E-state index in [1.165, 1.54) is 30.3 Å². The summed E-state index contributed by atoms with van der Waals surface area (Å²) in [7, 11) is 0. The van der Waals surface area contributed by atoms with E-state index < -0.39 is 104 Å². The first-order valence-corrected chi connectivity index (χ1v) is 13.5. The minimum absolute atomic E-state index is 0.0110.